The van der Waals surface area contributed by atoms with Gasteiger partial charge in [0.2, 0.25) is 5.89 Å². The summed E-state index contributed by atoms with van der Waals surface area (Å²) in [5.74, 6) is -0.168. The zero-order chi connectivity index (χ0) is 15.2. The van der Waals surface area contributed by atoms with E-state index in [0.29, 0.717) is 30.2 Å². The molecule has 0 aliphatic rings. The van der Waals surface area contributed by atoms with E-state index < -0.39 is 0 Å². The zero-order valence-electron chi connectivity index (χ0n) is 12.0. The van der Waals surface area contributed by atoms with Gasteiger partial charge in [0.05, 0.1) is 19.3 Å². The molecule has 0 amide bonds. The van der Waals surface area contributed by atoms with E-state index in [2.05, 4.69) is 9.72 Å². The van der Waals surface area contributed by atoms with E-state index >= 15 is 0 Å². The van der Waals surface area contributed by atoms with E-state index in [0.717, 1.165) is 0 Å². The first-order valence-corrected chi connectivity index (χ1v) is 6.62. The van der Waals surface area contributed by atoms with Crippen LogP contribution in [0.25, 0.3) is 11.5 Å². The summed E-state index contributed by atoms with van der Waals surface area (Å²) in [6.07, 6.45) is 1.54. The number of hydrogen-bond donors (Lipinski definition) is 0. The number of oxazole rings is 1. The quantitative estimate of drug-likeness (QED) is 0.766. The van der Waals surface area contributed by atoms with Crippen molar-refractivity contribution in [2.24, 2.45) is 0 Å². The molecule has 0 spiro atoms. The van der Waals surface area contributed by atoms with Crippen LogP contribution in [0, 0.1) is 5.82 Å². The molecule has 0 unspecified atom stereocenters. The maximum Gasteiger partial charge on any atom is 0.319 e. The van der Waals surface area contributed by atoms with Crippen LogP contribution in [0.2, 0.25) is 0 Å². The Bertz CT molecular complexity index is 595. The van der Waals surface area contributed by atoms with Crippen molar-refractivity contribution in [1.82, 2.24) is 9.88 Å². The Morgan fingerprint density at radius 3 is 2.71 bits per heavy atom. The Balaban J connectivity index is 2.05. The van der Waals surface area contributed by atoms with Crippen LogP contribution in [-0.4, -0.2) is 36.1 Å². The first kappa shape index (κ1) is 15.2. The van der Waals surface area contributed by atoms with E-state index in [9.17, 15) is 9.18 Å². The molecule has 0 fully saturated rings. The molecule has 0 atom stereocenters. The summed E-state index contributed by atoms with van der Waals surface area (Å²) in [6.45, 7) is 3.32. The fourth-order valence-corrected chi connectivity index (χ4v) is 1.86. The van der Waals surface area contributed by atoms with Crippen LogP contribution in [0.3, 0.4) is 0 Å². The van der Waals surface area contributed by atoms with Gasteiger partial charge >= 0.3 is 5.97 Å². The molecular formula is C15H17FN2O3. The molecule has 0 saturated heterocycles. The number of benzene rings is 1. The molecule has 0 bridgehead atoms. The first-order valence-electron chi connectivity index (χ1n) is 6.62. The molecule has 0 aliphatic carbocycles. The van der Waals surface area contributed by atoms with Crippen molar-refractivity contribution in [2.45, 2.75) is 13.5 Å². The van der Waals surface area contributed by atoms with Crippen LogP contribution >= 0.6 is 0 Å². The van der Waals surface area contributed by atoms with Gasteiger partial charge in [-0.1, -0.05) is 6.92 Å². The second-order valence-electron chi connectivity index (χ2n) is 4.53. The number of aromatic nitrogens is 1. The Morgan fingerprint density at radius 1 is 1.38 bits per heavy atom. The van der Waals surface area contributed by atoms with Gasteiger partial charge < -0.3 is 9.15 Å². The predicted octanol–water partition coefficient (Wildman–Crippen LogP) is 2.48. The SMILES string of the molecule is CCN(CC(=O)OC)Cc1coc(-c2ccc(F)cc2)n1. The van der Waals surface area contributed by atoms with E-state index in [4.69, 9.17) is 4.42 Å². The average Bonchev–Trinajstić information content (AvgIpc) is 2.95. The number of hydrogen-bond acceptors (Lipinski definition) is 5. The van der Waals surface area contributed by atoms with Crippen LogP contribution < -0.4 is 0 Å². The summed E-state index contributed by atoms with van der Waals surface area (Å²) in [5.41, 5.74) is 1.42. The minimum atomic E-state index is -0.305. The van der Waals surface area contributed by atoms with Crippen LogP contribution in [-0.2, 0) is 16.1 Å². The van der Waals surface area contributed by atoms with Gasteiger partial charge in [0.25, 0.3) is 0 Å². The highest BCUT2D eigenvalue weighted by Crippen LogP contribution is 2.19. The first-order chi connectivity index (χ1) is 10.1. The van der Waals surface area contributed by atoms with Crippen LogP contribution in [0.15, 0.2) is 34.9 Å². The molecule has 1 heterocycles. The minimum Gasteiger partial charge on any atom is -0.468 e. The largest absolute Gasteiger partial charge is 0.468 e. The lowest BCUT2D eigenvalue weighted by Gasteiger charge is -2.16. The smallest absolute Gasteiger partial charge is 0.319 e. The number of carbonyl (C=O) groups excluding carboxylic acids is 1. The van der Waals surface area contributed by atoms with Gasteiger partial charge in [0.1, 0.15) is 12.1 Å². The molecule has 2 aromatic rings. The van der Waals surface area contributed by atoms with Gasteiger partial charge in [-0.2, -0.15) is 0 Å². The highest BCUT2D eigenvalue weighted by atomic mass is 19.1. The van der Waals surface area contributed by atoms with Crippen molar-refractivity contribution in [3.05, 3.63) is 42.0 Å². The number of esters is 1. The van der Waals surface area contributed by atoms with E-state index in [1.807, 2.05) is 11.8 Å². The van der Waals surface area contributed by atoms with Crippen molar-refractivity contribution in [3.63, 3.8) is 0 Å². The van der Waals surface area contributed by atoms with E-state index in [1.165, 1.54) is 19.2 Å². The van der Waals surface area contributed by atoms with Crippen molar-refractivity contribution < 1.29 is 18.3 Å². The summed E-state index contributed by atoms with van der Waals surface area (Å²) in [7, 11) is 1.36. The molecular weight excluding hydrogens is 275 g/mol. The number of likely N-dealkylation sites (N-methyl/N-ethyl adjacent to an activating group) is 1. The van der Waals surface area contributed by atoms with Gasteiger partial charge in [0.15, 0.2) is 0 Å². The Labute approximate surface area is 122 Å². The third-order valence-electron chi connectivity index (χ3n) is 3.06. The molecule has 6 heteroatoms. The highest BCUT2D eigenvalue weighted by molar-refractivity contribution is 5.71. The van der Waals surface area contributed by atoms with Gasteiger partial charge in [-0.15, -0.1) is 0 Å². The minimum absolute atomic E-state index is 0.200. The molecule has 0 N–H and O–H groups in total. The summed E-state index contributed by atoms with van der Waals surface area (Å²) in [4.78, 5) is 17.5. The third kappa shape index (κ3) is 4.13. The topological polar surface area (TPSA) is 55.6 Å². The molecule has 1 aromatic carbocycles. The van der Waals surface area contributed by atoms with Crippen LogP contribution in [0.5, 0.6) is 0 Å². The Kier molecular flexibility index (Phi) is 5.05. The van der Waals surface area contributed by atoms with Crippen molar-refractivity contribution in [3.8, 4) is 11.5 Å². The fraction of sp³-hybridized carbons (Fsp3) is 0.333. The van der Waals surface area contributed by atoms with E-state index in [1.54, 1.807) is 18.4 Å². The van der Waals surface area contributed by atoms with Gasteiger partial charge in [-0.05, 0) is 30.8 Å². The molecule has 112 valence electrons. The number of halogens is 1. The molecule has 21 heavy (non-hydrogen) atoms. The monoisotopic (exact) mass is 292 g/mol. The van der Waals surface area contributed by atoms with Crippen molar-refractivity contribution >= 4 is 5.97 Å². The van der Waals surface area contributed by atoms with Gasteiger partial charge in [0, 0.05) is 12.1 Å². The predicted molar refractivity (Wildman–Crippen MR) is 74.9 cm³/mol. The Morgan fingerprint density at radius 2 is 2.10 bits per heavy atom. The molecule has 0 radical (unpaired) electrons. The number of rotatable bonds is 6. The standard InChI is InChI=1S/C15H17FN2O3/c1-3-18(9-14(19)20-2)8-13-10-21-15(17-13)11-4-6-12(16)7-5-11/h4-7,10H,3,8-9H2,1-2H3. The van der Waals surface area contributed by atoms with Crippen LogP contribution in [0.4, 0.5) is 4.39 Å². The summed E-state index contributed by atoms with van der Waals surface area (Å²) >= 11 is 0. The normalized spacial score (nSPS) is 10.9. The zero-order valence-corrected chi connectivity index (χ0v) is 12.0. The number of ether oxygens (including phenoxy) is 1. The fourth-order valence-electron chi connectivity index (χ4n) is 1.86. The van der Waals surface area contributed by atoms with Crippen LogP contribution in [0.1, 0.15) is 12.6 Å². The van der Waals surface area contributed by atoms with Gasteiger partial charge in [-0.3, -0.25) is 9.69 Å². The number of methoxy groups -OCH3 is 1. The maximum absolute atomic E-state index is 12.9. The summed E-state index contributed by atoms with van der Waals surface area (Å²) < 4.78 is 22.9. The lowest BCUT2D eigenvalue weighted by molar-refractivity contribution is -0.142. The molecule has 0 aliphatic heterocycles. The molecule has 2 rings (SSSR count). The summed E-state index contributed by atoms with van der Waals surface area (Å²) in [6, 6.07) is 5.93. The highest BCUT2D eigenvalue weighted by Gasteiger charge is 2.13. The third-order valence-corrected chi connectivity index (χ3v) is 3.06. The molecule has 0 saturated carbocycles. The summed E-state index contributed by atoms with van der Waals surface area (Å²) in [5, 5.41) is 0. The number of carbonyl (C=O) groups is 1. The second-order valence-corrected chi connectivity index (χ2v) is 4.53. The maximum atomic E-state index is 12.9. The lowest BCUT2D eigenvalue weighted by atomic mass is 10.2. The average molecular weight is 292 g/mol. The number of nitrogens with zero attached hydrogens (tertiary/aromatic N) is 2. The molecule has 5 nitrogen and oxygen atoms in total. The van der Waals surface area contributed by atoms with E-state index in [-0.39, 0.29) is 18.3 Å². The van der Waals surface area contributed by atoms with Gasteiger partial charge in [-0.25, -0.2) is 9.37 Å². The van der Waals surface area contributed by atoms with Crippen molar-refractivity contribution in [2.75, 3.05) is 20.2 Å². The van der Waals surface area contributed by atoms with Crippen molar-refractivity contribution in [1.29, 1.82) is 0 Å². The second kappa shape index (κ2) is 6.99. The lowest BCUT2D eigenvalue weighted by Crippen LogP contribution is -2.30. The Hall–Kier alpha value is -2.21. The molecule has 1 aromatic heterocycles.